The second-order valence-electron chi connectivity index (χ2n) is 5.14. The van der Waals surface area contributed by atoms with Crippen LogP contribution in [0.4, 0.5) is 0 Å². The minimum atomic E-state index is 0. The van der Waals surface area contributed by atoms with Crippen LogP contribution in [0.1, 0.15) is 10.4 Å². The van der Waals surface area contributed by atoms with Crippen LogP contribution < -0.4 is 15.4 Å². The number of guanidine groups is 1. The number of rotatable bonds is 8. The molecule has 0 fully saturated rings. The first-order chi connectivity index (χ1) is 11.8. The summed E-state index contributed by atoms with van der Waals surface area (Å²) in [5.74, 6) is 4.09. The average Bonchev–Trinajstić information content (AvgIpc) is 3.13. The third-order valence-electron chi connectivity index (χ3n) is 3.42. The molecule has 6 heteroatoms. The van der Waals surface area contributed by atoms with Crippen molar-refractivity contribution >= 4 is 41.3 Å². The first-order valence-electron chi connectivity index (χ1n) is 7.94. The fourth-order valence-electron chi connectivity index (χ4n) is 2.18. The highest BCUT2D eigenvalue weighted by Gasteiger charge is 2.00. The van der Waals surface area contributed by atoms with Crippen LogP contribution >= 0.6 is 35.3 Å². The van der Waals surface area contributed by atoms with Crippen LogP contribution in [0.3, 0.4) is 0 Å². The van der Waals surface area contributed by atoms with Crippen molar-refractivity contribution in [3.63, 3.8) is 0 Å². The Bertz CT molecular complexity index is 663. The highest BCUT2D eigenvalue weighted by atomic mass is 127. The normalized spacial score (nSPS) is 10.5. The molecular weight excluding hydrogens is 445 g/mol. The van der Waals surface area contributed by atoms with Gasteiger partial charge in [-0.25, -0.2) is 0 Å². The molecule has 4 nitrogen and oxygen atoms in total. The van der Waals surface area contributed by atoms with Gasteiger partial charge in [0.25, 0.3) is 0 Å². The van der Waals surface area contributed by atoms with Crippen molar-refractivity contribution < 1.29 is 4.74 Å². The molecule has 2 N–H and O–H groups in total. The standard InChI is InChI=1S/C19H23N3OS.HI/c1-3-14-23-17-8-6-16(7-9-17)10-12-21-19(20-2)22-13-11-18-5-4-15-24-18;/h1,4-9,15H,10-14H2,2H3,(H2,20,21,22);1H. The van der Waals surface area contributed by atoms with Crippen LogP contribution in [0, 0.1) is 12.3 Å². The minimum absolute atomic E-state index is 0. The van der Waals surface area contributed by atoms with Gasteiger partial charge in [0.05, 0.1) is 0 Å². The summed E-state index contributed by atoms with van der Waals surface area (Å²) in [6.07, 6.45) is 7.10. The Morgan fingerprint density at radius 1 is 1.16 bits per heavy atom. The zero-order valence-corrected chi connectivity index (χ0v) is 17.5. The summed E-state index contributed by atoms with van der Waals surface area (Å²) in [6, 6.07) is 12.2. The van der Waals surface area contributed by atoms with Crippen molar-refractivity contribution in [1.29, 1.82) is 0 Å². The van der Waals surface area contributed by atoms with Gasteiger partial charge >= 0.3 is 0 Å². The second-order valence-corrected chi connectivity index (χ2v) is 6.17. The summed E-state index contributed by atoms with van der Waals surface area (Å²) in [5, 5.41) is 8.77. The van der Waals surface area contributed by atoms with Crippen LogP contribution in [0.5, 0.6) is 5.75 Å². The molecule has 0 amide bonds. The van der Waals surface area contributed by atoms with Crippen LogP contribution in [-0.2, 0) is 12.8 Å². The molecule has 0 aliphatic heterocycles. The Balaban J connectivity index is 0.00000312. The van der Waals surface area contributed by atoms with Gasteiger partial charge in [0.1, 0.15) is 12.4 Å². The maximum Gasteiger partial charge on any atom is 0.190 e. The van der Waals surface area contributed by atoms with E-state index in [4.69, 9.17) is 11.2 Å². The summed E-state index contributed by atoms with van der Waals surface area (Å²) >= 11 is 1.78. The molecule has 1 aromatic carbocycles. The topological polar surface area (TPSA) is 45.6 Å². The predicted molar refractivity (Wildman–Crippen MR) is 117 cm³/mol. The van der Waals surface area contributed by atoms with E-state index in [1.807, 2.05) is 12.1 Å². The van der Waals surface area contributed by atoms with Gasteiger partial charge in [-0.2, -0.15) is 0 Å². The average molecular weight is 469 g/mol. The molecule has 134 valence electrons. The number of halogens is 1. The number of nitrogens with one attached hydrogen (secondary N) is 2. The lowest BCUT2D eigenvalue weighted by Gasteiger charge is -2.11. The molecule has 0 saturated heterocycles. The Hall–Kier alpha value is -1.72. The first kappa shape index (κ1) is 21.3. The van der Waals surface area contributed by atoms with Gasteiger partial charge in [0.2, 0.25) is 0 Å². The minimum Gasteiger partial charge on any atom is -0.481 e. The van der Waals surface area contributed by atoms with E-state index < -0.39 is 0 Å². The molecule has 0 aliphatic rings. The lowest BCUT2D eigenvalue weighted by Crippen LogP contribution is -2.39. The van der Waals surface area contributed by atoms with E-state index in [-0.39, 0.29) is 24.0 Å². The smallest absolute Gasteiger partial charge is 0.190 e. The number of terminal acetylenes is 1. The Morgan fingerprint density at radius 3 is 2.48 bits per heavy atom. The number of aliphatic imine (C=N–C) groups is 1. The van der Waals surface area contributed by atoms with E-state index in [9.17, 15) is 0 Å². The highest BCUT2D eigenvalue weighted by Crippen LogP contribution is 2.12. The molecule has 2 rings (SSSR count). The molecule has 0 spiro atoms. The Labute approximate surface area is 171 Å². The predicted octanol–water partition coefficient (Wildman–Crippen LogP) is 3.33. The van der Waals surface area contributed by atoms with Crippen LogP contribution in [-0.4, -0.2) is 32.7 Å². The van der Waals surface area contributed by atoms with Gasteiger partial charge in [-0.05, 0) is 42.0 Å². The van der Waals surface area contributed by atoms with Gasteiger partial charge in [-0.1, -0.05) is 24.1 Å². The van der Waals surface area contributed by atoms with Crippen LogP contribution in [0.25, 0.3) is 0 Å². The number of thiophene rings is 1. The highest BCUT2D eigenvalue weighted by molar-refractivity contribution is 14.0. The van der Waals surface area contributed by atoms with Crippen molar-refractivity contribution in [3.05, 3.63) is 52.2 Å². The van der Waals surface area contributed by atoms with Gasteiger partial charge in [0.15, 0.2) is 5.96 Å². The molecular formula is C19H24IN3OS. The summed E-state index contributed by atoms with van der Waals surface area (Å²) < 4.78 is 5.37. The molecule has 0 atom stereocenters. The molecule has 0 aliphatic carbocycles. The van der Waals surface area contributed by atoms with Crippen molar-refractivity contribution in [2.24, 2.45) is 4.99 Å². The number of ether oxygens (including phenoxy) is 1. The molecule has 0 unspecified atom stereocenters. The number of hydrogen-bond acceptors (Lipinski definition) is 3. The number of nitrogens with zero attached hydrogens (tertiary/aromatic N) is 1. The fourth-order valence-corrected chi connectivity index (χ4v) is 2.89. The Morgan fingerprint density at radius 2 is 1.88 bits per heavy atom. The molecule has 1 aromatic heterocycles. The van der Waals surface area contributed by atoms with Crippen molar-refractivity contribution in [2.45, 2.75) is 12.8 Å². The van der Waals surface area contributed by atoms with Crippen LogP contribution in [0.15, 0.2) is 46.8 Å². The van der Waals surface area contributed by atoms with Crippen molar-refractivity contribution in [3.8, 4) is 18.1 Å². The maximum absolute atomic E-state index is 5.37. The summed E-state index contributed by atoms with van der Waals surface area (Å²) in [5.41, 5.74) is 1.24. The van der Waals surface area contributed by atoms with Gasteiger partial charge in [0, 0.05) is 25.0 Å². The maximum atomic E-state index is 5.37. The zero-order chi connectivity index (χ0) is 17.0. The fraction of sp³-hybridized carbons (Fsp3) is 0.316. The molecule has 25 heavy (non-hydrogen) atoms. The third kappa shape index (κ3) is 8.27. The molecule has 1 heterocycles. The quantitative estimate of drug-likeness (QED) is 0.270. The molecule has 0 radical (unpaired) electrons. The van der Waals surface area contributed by atoms with E-state index in [1.54, 1.807) is 18.4 Å². The second kappa shape index (κ2) is 12.6. The monoisotopic (exact) mass is 469 g/mol. The lowest BCUT2D eigenvalue weighted by molar-refractivity contribution is 0.370. The van der Waals surface area contributed by atoms with E-state index in [2.05, 4.69) is 51.2 Å². The first-order valence-corrected chi connectivity index (χ1v) is 8.82. The summed E-state index contributed by atoms with van der Waals surface area (Å²) in [7, 11) is 1.79. The number of benzene rings is 1. The van der Waals surface area contributed by atoms with E-state index in [1.165, 1.54) is 10.4 Å². The third-order valence-corrected chi connectivity index (χ3v) is 4.36. The summed E-state index contributed by atoms with van der Waals surface area (Å²) in [6.45, 7) is 2.00. The van der Waals surface area contributed by atoms with Crippen molar-refractivity contribution in [2.75, 3.05) is 26.7 Å². The van der Waals surface area contributed by atoms with Gasteiger partial charge in [-0.15, -0.1) is 41.7 Å². The van der Waals surface area contributed by atoms with E-state index in [0.717, 1.165) is 37.6 Å². The van der Waals surface area contributed by atoms with Crippen molar-refractivity contribution in [1.82, 2.24) is 10.6 Å². The van der Waals surface area contributed by atoms with Gasteiger partial charge in [-0.3, -0.25) is 4.99 Å². The zero-order valence-electron chi connectivity index (χ0n) is 14.3. The summed E-state index contributed by atoms with van der Waals surface area (Å²) in [4.78, 5) is 5.62. The number of hydrogen-bond donors (Lipinski definition) is 2. The van der Waals surface area contributed by atoms with E-state index in [0.29, 0.717) is 6.61 Å². The van der Waals surface area contributed by atoms with Crippen LogP contribution in [0.2, 0.25) is 0 Å². The largest absolute Gasteiger partial charge is 0.481 e. The lowest BCUT2D eigenvalue weighted by atomic mass is 10.1. The Kier molecular flexibility index (Phi) is 10.8. The molecule has 2 aromatic rings. The molecule has 0 saturated carbocycles. The molecule has 0 bridgehead atoms. The van der Waals surface area contributed by atoms with E-state index >= 15 is 0 Å². The SMILES string of the molecule is C#CCOc1ccc(CCNC(=NC)NCCc2cccs2)cc1.I. The van der Waals surface area contributed by atoms with Gasteiger partial charge < -0.3 is 15.4 Å².